The highest BCUT2D eigenvalue weighted by Gasteiger charge is 2.22. The van der Waals surface area contributed by atoms with Crippen LogP contribution in [-0.4, -0.2) is 26.1 Å². The number of hydrogen-bond donors (Lipinski definition) is 2. The Bertz CT molecular complexity index is 570. The Morgan fingerprint density at radius 2 is 2.11 bits per heavy atom. The number of carboxylic acid groups (broad SMARTS) is 1. The van der Waals surface area contributed by atoms with Gasteiger partial charge in [0.15, 0.2) is 0 Å². The molecule has 100 valence electrons. The van der Waals surface area contributed by atoms with Crippen molar-refractivity contribution in [2.24, 2.45) is 0 Å². The van der Waals surface area contributed by atoms with Gasteiger partial charge in [0.2, 0.25) is 0 Å². The molecule has 0 saturated heterocycles. The molecule has 1 aromatic rings. The zero-order valence-corrected chi connectivity index (χ0v) is 10.5. The summed E-state index contributed by atoms with van der Waals surface area (Å²) >= 11 is 0. The van der Waals surface area contributed by atoms with Gasteiger partial charge in [-0.15, -0.1) is 0 Å². The minimum atomic E-state index is -4.11. The number of sulfonamides is 1. The lowest BCUT2D eigenvalue weighted by atomic mass is 10.1. The topological polar surface area (TPSA) is 92.7 Å². The lowest BCUT2D eigenvalue weighted by Gasteiger charge is -2.10. The van der Waals surface area contributed by atoms with Gasteiger partial charge in [-0.3, -0.25) is 4.84 Å². The molecule has 0 aromatic heterocycles. The summed E-state index contributed by atoms with van der Waals surface area (Å²) in [6, 6.07) is 1.64. The molecule has 0 bridgehead atoms. The van der Waals surface area contributed by atoms with E-state index in [2.05, 4.69) is 4.84 Å². The molecule has 0 atom stereocenters. The van der Waals surface area contributed by atoms with Crippen LogP contribution in [0.15, 0.2) is 17.0 Å². The highest BCUT2D eigenvalue weighted by atomic mass is 32.2. The summed E-state index contributed by atoms with van der Waals surface area (Å²) in [7, 11) is -4.11. The summed E-state index contributed by atoms with van der Waals surface area (Å²) in [6.07, 6.45) is 0. The molecule has 0 aliphatic rings. The predicted octanol–water partition coefficient (Wildman–Crippen LogP) is 1.06. The average molecular weight is 277 g/mol. The third-order valence-corrected chi connectivity index (χ3v) is 3.49. The second-order valence-corrected chi connectivity index (χ2v) is 5.02. The quantitative estimate of drug-likeness (QED) is 0.785. The summed E-state index contributed by atoms with van der Waals surface area (Å²) in [5, 5.41) is 8.75. The molecule has 0 amide bonds. The van der Waals surface area contributed by atoms with Crippen LogP contribution in [0, 0.1) is 12.7 Å². The summed E-state index contributed by atoms with van der Waals surface area (Å²) < 4.78 is 36.9. The maximum Gasteiger partial charge on any atom is 0.335 e. The van der Waals surface area contributed by atoms with Gasteiger partial charge in [0.05, 0.1) is 17.1 Å². The van der Waals surface area contributed by atoms with Crippen molar-refractivity contribution < 1.29 is 27.5 Å². The zero-order valence-electron chi connectivity index (χ0n) is 9.73. The Balaban J connectivity index is 3.35. The van der Waals surface area contributed by atoms with Gasteiger partial charge in [-0.25, -0.2) is 17.6 Å². The fourth-order valence-corrected chi connectivity index (χ4v) is 2.38. The van der Waals surface area contributed by atoms with Gasteiger partial charge in [-0.05, 0) is 26.0 Å². The number of halogens is 1. The number of nitrogens with one attached hydrogen (secondary N) is 1. The van der Waals surface area contributed by atoms with E-state index >= 15 is 0 Å². The molecule has 18 heavy (non-hydrogen) atoms. The van der Waals surface area contributed by atoms with Crippen molar-refractivity contribution in [2.45, 2.75) is 18.7 Å². The fraction of sp³-hybridized carbons (Fsp3) is 0.300. The van der Waals surface area contributed by atoms with Gasteiger partial charge in [-0.2, -0.15) is 0 Å². The Hall–Kier alpha value is -1.51. The highest BCUT2D eigenvalue weighted by molar-refractivity contribution is 7.89. The first-order chi connectivity index (χ1) is 8.29. The number of hydrogen-bond acceptors (Lipinski definition) is 4. The molecule has 8 heteroatoms. The predicted molar refractivity (Wildman–Crippen MR) is 60.0 cm³/mol. The van der Waals surface area contributed by atoms with Crippen LogP contribution in [0.2, 0.25) is 0 Å². The molecule has 0 radical (unpaired) electrons. The number of carbonyl (C=O) groups is 1. The van der Waals surface area contributed by atoms with Crippen LogP contribution in [0.25, 0.3) is 0 Å². The van der Waals surface area contributed by atoms with E-state index in [9.17, 15) is 17.6 Å². The van der Waals surface area contributed by atoms with E-state index < -0.39 is 32.3 Å². The van der Waals surface area contributed by atoms with Crippen molar-refractivity contribution in [3.8, 4) is 0 Å². The van der Waals surface area contributed by atoms with Gasteiger partial charge in [0.1, 0.15) is 5.82 Å². The molecule has 0 spiro atoms. The summed E-state index contributed by atoms with van der Waals surface area (Å²) in [4.78, 5) is 16.6. The summed E-state index contributed by atoms with van der Waals surface area (Å²) in [6.45, 7) is 2.88. The minimum Gasteiger partial charge on any atom is -0.478 e. The van der Waals surface area contributed by atoms with Crippen molar-refractivity contribution in [3.05, 3.63) is 29.1 Å². The normalized spacial score (nSPS) is 11.5. The van der Waals surface area contributed by atoms with Crippen molar-refractivity contribution in [3.63, 3.8) is 0 Å². The molecule has 0 aliphatic carbocycles. The number of aromatic carboxylic acids is 1. The van der Waals surface area contributed by atoms with E-state index in [1.165, 1.54) is 6.92 Å². The van der Waals surface area contributed by atoms with Crippen molar-refractivity contribution in [1.29, 1.82) is 0 Å². The smallest absolute Gasteiger partial charge is 0.335 e. The molecule has 0 aliphatic heterocycles. The molecule has 2 N–H and O–H groups in total. The molecule has 6 nitrogen and oxygen atoms in total. The standard InChI is InChI=1S/C10H12FNO5S/c1-3-17-12-18(15,16)9-5-7(10(13)14)4-8(11)6(9)2/h4-5,12H,3H2,1-2H3,(H,13,14). The summed E-state index contributed by atoms with van der Waals surface area (Å²) in [5.41, 5.74) is -0.623. The molecular formula is C10H12FNO5S. The minimum absolute atomic E-state index is 0.0827. The average Bonchev–Trinajstić information content (AvgIpc) is 2.29. The van der Waals surface area contributed by atoms with Crippen LogP contribution in [0.5, 0.6) is 0 Å². The van der Waals surface area contributed by atoms with Gasteiger partial charge in [-0.1, -0.05) is 4.89 Å². The van der Waals surface area contributed by atoms with Crippen molar-refractivity contribution in [1.82, 2.24) is 4.89 Å². The second-order valence-electron chi connectivity index (χ2n) is 3.41. The molecule has 0 saturated carbocycles. The number of rotatable bonds is 5. The second kappa shape index (κ2) is 5.42. The van der Waals surface area contributed by atoms with Crippen molar-refractivity contribution >= 4 is 16.0 Å². The molecule has 0 unspecified atom stereocenters. The van der Waals surface area contributed by atoms with E-state index in [1.807, 2.05) is 0 Å². The maximum absolute atomic E-state index is 13.5. The SMILES string of the molecule is CCONS(=O)(=O)c1cc(C(=O)O)cc(F)c1C. The van der Waals surface area contributed by atoms with Gasteiger partial charge in [0, 0.05) is 5.56 Å². The highest BCUT2D eigenvalue weighted by Crippen LogP contribution is 2.20. The van der Waals surface area contributed by atoms with Crippen LogP contribution in [0.1, 0.15) is 22.8 Å². The first-order valence-electron chi connectivity index (χ1n) is 4.96. The third-order valence-electron chi connectivity index (χ3n) is 2.15. The fourth-order valence-electron chi connectivity index (χ4n) is 1.24. The van der Waals surface area contributed by atoms with Gasteiger partial charge in [0.25, 0.3) is 10.0 Å². The van der Waals surface area contributed by atoms with E-state index in [0.29, 0.717) is 0 Å². The van der Waals surface area contributed by atoms with Crippen LogP contribution in [-0.2, 0) is 14.9 Å². The van der Waals surface area contributed by atoms with Crippen LogP contribution < -0.4 is 4.89 Å². The Morgan fingerprint density at radius 1 is 1.50 bits per heavy atom. The zero-order chi connectivity index (χ0) is 13.9. The number of carboxylic acids is 1. The van der Waals surface area contributed by atoms with E-state index in [1.54, 1.807) is 11.8 Å². The van der Waals surface area contributed by atoms with Gasteiger partial charge < -0.3 is 5.11 Å². The number of benzene rings is 1. The molecular weight excluding hydrogens is 265 g/mol. The third kappa shape index (κ3) is 3.03. The lowest BCUT2D eigenvalue weighted by molar-refractivity contribution is 0.0696. The Labute approximate surface area is 103 Å². The molecule has 0 heterocycles. The van der Waals surface area contributed by atoms with Crippen LogP contribution in [0.4, 0.5) is 4.39 Å². The first kappa shape index (κ1) is 14.6. The molecule has 0 fully saturated rings. The lowest BCUT2D eigenvalue weighted by Crippen LogP contribution is -2.25. The molecule has 1 rings (SSSR count). The summed E-state index contributed by atoms with van der Waals surface area (Å²) in [5.74, 6) is -2.33. The van der Waals surface area contributed by atoms with Crippen LogP contribution in [0.3, 0.4) is 0 Å². The van der Waals surface area contributed by atoms with Crippen LogP contribution >= 0.6 is 0 Å². The monoisotopic (exact) mass is 277 g/mol. The Kier molecular flexibility index (Phi) is 4.38. The first-order valence-corrected chi connectivity index (χ1v) is 6.45. The van der Waals surface area contributed by atoms with Crippen molar-refractivity contribution in [2.75, 3.05) is 6.61 Å². The maximum atomic E-state index is 13.5. The van der Waals surface area contributed by atoms with E-state index in [0.717, 1.165) is 12.1 Å². The molecule has 1 aromatic carbocycles. The Morgan fingerprint density at radius 3 is 2.61 bits per heavy atom. The largest absolute Gasteiger partial charge is 0.478 e. The van der Waals surface area contributed by atoms with E-state index in [4.69, 9.17) is 5.11 Å². The van der Waals surface area contributed by atoms with E-state index in [-0.39, 0.29) is 12.2 Å². The van der Waals surface area contributed by atoms with Gasteiger partial charge >= 0.3 is 5.97 Å².